The zero-order valence-corrected chi connectivity index (χ0v) is 32.2. The van der Waals surface area contributed by atoms with Crippen molar-refractivity contribution in [3.05, 3.63) is 64.7 Å². The molecule has 2 aromatic carbocycles. The molecule has 298 valence electrons. The molecule has 7 rings (SSSR count). The molecular formula is C40H48ClN7O8. The highest BCUT2D eigenvalue weighted by Gasteiger charge is 2.71. The summed E-state index contributed by atoms with van der Waals surface area (Å²) in [5, 5.41) is 22.3. The minimum atomic E-state index is -1.37. The average Bonchev–Trinajstić information content (AvgIpc) is 3.47. The summed E-state index contributed by atoms with van der Waals surface area (Å²) >= 11 is 6.12. The molecule has 15 nitrogen and oxygen atoms in total. The van der Waals surface area contributed by atoms with Gasteiger partial charge in [0.25, 0.3) is 0 Å². The molecule has 4 aliphatic heterocycles. The Morgan fingerprint density at radius 2 is 1.73 bits per heavy atom. The molecule has 0 bridgehead atoms. The second-order valence-corrected chi connectivity index (χ2v) is 16.2. The Kier molecular flexibility index (Phi) is 11.1. The van der Waals surface area contributed by atoms with E-state index in [1.54, 1.807) is 31.2 Å². The molecule has 1 unspecified atom stereocenters. The van der Waals surface area contributed by atoms with Gasteiger partial charge < -0.3 is 41.1 Å². The van der Waals surface area contributed by atoms with E-state index < -0.39 is 83.3 Å². The molecule has 1 aliphatic carbocycles. The number of nitrogens with one attached hydrogen (secondary N) is 4. The Hall–Kier alpha value is -5.02. The largest absolute Gasteiger partial charge is 0.391 e. The summed E-state index contributed by atoms with van der Waals surface area (Å²) in [6.07, 6.45) is 1.29. The molecular weight excluding hydrogens is 742 g/mol. The van der Waals surface area contributed by atoms with Crippen LogP contribution in [0.2, 0.25) is 5.02 Å². The Balaban J connectivity index is 1.22. The lowest BCUT2D eigenvalue weighted by Gasteiger charge is -2.38. The number of rotatable bonds is 6. The number of carbonyl (C=O) groups is 7. The molecule has 0 aromatic heterocycles. The zero-order valence-electron chi connectivity index (χ0n) is 31.5. The first-order valence-electron chi connectivity index (χ1n) is 19.4. The van der Waals surface area contributed by atoms with E-state index in [0.29, 0.717) is 42.8 Å². The van der Waals surface area contributed by atoms with Crippen LogP contribution in [0, 0.1) is 12.8 Å². The summed E-state index contributed by atoms with van der Waals surface area (Å²) in [7, 11) is 0. The Bertz CT molecular complexity index is 1940. The van der Waals surface area contributed by atoms with Gasteiger partial charge in [0.05, 0.1) is 12.0 Å². The van der Waals surface area contributed by atoms with E-state index in [0.717, 1.165) is 11.1 Å². The van der Waals surface area contributed by atoms with Crippen LogP contribution in [0.15, 0.2) is 48.5 Å². The quantitative estimate of drug-likeness (QED) is 0.291. The molecule has 16 heteroatoms. The Morgan fingerprint density at radius 1 is 0.946 bits per heavy atom. The fraction of sp³-hybridized carbons (Fsp3) is 0.525. The first-order chi connectivity index (χ1) is 26.8. The fourth-order valence-corrected chi connectivity index (χ4v) is 9.32. The molecule has 2 aromatic rings. The minimum absolute atomic E-state index is 0.0464. The first-order valence-corrected chi connectivity index (χ1v) is 19.8. The number of aliphatic hydroxyl groups is 1. The SMILES string of the molecule is Cc1cccc(C[C@H](NC(=O)Nc2cccc(Cl)c2)C(=O)N[C@H]2CC3C(=O)[C@]34CCCN4C(=O)[C@H](C)NC(=O)[C@@H]3CCCCN3C(=O)[C@@H]3C[C@@H](O)CN3C2=O)c1. The number of Topliss-reactive ketones (excluding diaryl/α,β-unsaturated/α-hetero) is 1. The number of amides is 7. The number of hydrogen-bond acceptors (Lipinski definition) is 8. The van der Waals surface area contributed by atoms with Gasteiger partial charge in [0.15, 0.2) is 5.78 Å². The van der Waals surface area contributed by atoms with Gasteiger partial charge in [-0.15, -0.1) is 0 Å². The third-order valence-corrected chi connectivity index (χ3v) is 12.1. The van der Waals surface area contributed by atoms with Crippen molar-refractivity contribution in [3.8, 4) is 0 Å². The van der Waals surface area contributed by atoms with Crippen LogP contribution in [-0.2, 0) is 35.2 Å². The number of benzene rings is 2. The average molecular weight is 790 g/mol. The maximum absolute atomic E-state index is 14.8. The van der Waals surface area contributed by atoms with Crippen molar-refractivity contribution >= 4 is 58.6 Å². The number of halogens is 1. The number of carbonyl (C=O) groups excluding carboxylic acids is 7. The molecule has 8 atom stereocenters. The fourth-order valence-electron chi connectivity index (χ4n) is 9.13. The maximum Gasteiger partial charge on any atom is 0.319 e. The molecule has 5 fully saturated rings. The summed E-state index contributed by atoms with van der Waals surface area (Å²) < 4.78 is 0. The number of aryl methyl sites for hydroxylation is 1. The number of urea groups is 1. The van der Waals surface area contributed by atoms with Crippen LogP contribution in [0.1, 0.15) is 63.0 Å². The third kappa shape index (κ3) is 7.70. The number of fused-ring (bicyclic) bond motifs is 2. The van der Waals surface area contributed by atoms with E-state index in [9.17, 15) is 38.7 Å². The van der Waals surface area contributed by atoms with Crippen molar-refractivity contribution in [2.45, 2.75) is 107 Å². The summed E-state index contributed by atoms with van der Waals surface area (Å²) in [6, 6.07) is 7.62. The molecule has 7 amide bonds. The standard InChI is InChI=1S/C40H48ClN7O8/c1-22-8-5-9-24(16-22)17-29(45-39(56)43-26-11-6-10-25(41)18-26)34(51)44-30-20-28-33(50)40(28)13-7-15-48(40)36(53)23(2)42-35(52)31-12-3-4-14-46(31)38(55)32-19-27(49)21-47(32)37(30)54/h5-6,8-11,16,18,23,27-32,49H,3-4,7,12-15,17,19-21H2,1-2H3,(H,42,52)(H,44,51)(H2,43,45,56)/t23-,27+,28?,29-,30-,31-,32-,40-/m0/s1. The molecule has 1 saturated carbocycles. The maximum atomic E-state index is 14.8. The zero-order chi connectivity index (χ0) is 39.9. The van der Waals surface area contributed by atoms with E-state index in [2.05, 4.69) is 21.3 Å². The summed E-state index contributed by atoms with van der Waals surface area (Å²) in [5.74, 6) is -3.90. The van der Waals surface area contributed by atoms with Crippen molar-refractivity contribution in [2.24, 2.45) is 5.92 Å². The topological polar surface area (TPSA) is 198 Å². The van der Waals surface area contributed by atoms with Crippen molar-refractivity contribution in [2.75, 3.05) is 25.0 Å². The van der Waals surface area contributed by atoms with Crippen molar-refractivity contribution in [1.82, 2.24) is 30.7 Å². The Morgan fingerprint density at radius 3 is 2.50 bits per heavy atom. The number of nitrogens with zero attached hydrogens (tertiary/aromatic N) is 3. The molecule has 4 heterocycles. The van der Waals surface area contributed by atoms with Gasteiger partial charge in [-0.3, -0.25) is 28.8 Å². The lowest BCUT2D eigenvalue weighted by molar-refractivity contribution is -0.151. The van der Waals surface area contributed by atoms with E-state index in [4.69, 9.17) is 11.6 Å². The minimum Gasteiger partial charge on any atom is -0.391 e. The number of aliphatic hydroxyl groups excluding tert-OH is 1. The second kappa shape index (κ2) is 15.8. The molecule has 1 spiro atoms. The number of piperidine rings is 1. The molecule has 56 heavy (non-hydrogen) atoms. The number of anilines is 1. The van der Waals surface area contributed by atoms with Gasteiger partial charge in [-0.25, -0.2) is 4.79 Å². The lowest BCUT2D eigenvalue weighted by Crippen LogP contribution is -2.60. The highest BCUT2D eigenvalue weighted by molar-refractivity contribution is 6.30. The third-order valence-electron chi connectivity index (χ3n) is 11.9. The van der Waals surface area contributed by atoms with Gasteiger partial charge in [-0.05, 0) is 76.1 Å². The van der Waals surface area contributed by atoms with Gasteiger partial charge in [-0.1, -0.05) is 47.5 Å². The number of hydrogen-bond donors (Lipinski definition) is 5. The monoisotopic (exact) mass is 789 g/mol. The van der Waals surface area contributed by atoms with Crippen LogP contribution >= 0.6 is 11.6 Å². The van der Waals surface area contributed by atoms with Crippen molar-refractivity contribution in [3.63, 3.8) is 0 Å². The summed E-state index contributed by atoms with van der Waals surface area (Å²) in [4.78, 5) is 102. The Labute approximate surface area is 329 Å². The van der Waals surface area contributed by atoms with Crippen LogP contribution in [0.4, 0.5) is 10.5 Å². The van der Waals surface area contributed by atoms with Gasteiger partial charge in [0, 0.05) is 43.2 Å². The van der Waals surface area contributed by atoms with Crippen LogP contribution in [0.3, 0.4) is 0 Å². The van der Waals surface area contributed by atoms with Gasteiger partial charge in [0.1, 0.15) is 35.7 Å². The van der Waals surface area contributed by atoms with Gasteiger partial charge >= 0.3 is 6.03 Å². The van der Waals surface area contributed by atoms with Gasteiger partial charge in [-0.2, -0.15) is 0 Å². The molecule has 5 N–H and O–H groups in total. The number of ketones is 1. The molecule has 0 radical (unpaired) electrons. The predicted octanol–water partition coefficient (Wildman–Crippen LogP) is 1.68. The lowest BCUT2D eigenvalue weighted by atomic mass is 9.98. The van der Waals surface area contributed by atoms with Crippen molar-refractivity contribution in [1.29, 1.82) is 0 Å². The van der Waals surface area contributed by atoms with Crippen LogP contribution in [0.5, 0.6) is 0 Å². The summed E-state index contributed by atoms with van der Waals surface area (Å²) in [6.45, 7) is 3.79. The smallest absolute Gasteiger partial charge is 0.319 e. The second-order valence-electron chi connectivity index (χ2n) is 15.8. The van der Waals surface area contributed by atoms with E-state index in [-0.39, 0.29) is 44.7 Å². The normalized spacial score (nSPS) is 29.9. The highest BCUT2D eigenvalue weighted by Crippen LogP contribution is 2.54. The highest BCUT2D eigenvalue weighted by atomic mass is 35.5. The van der Waals surface area contributed by atoms with E-state index in [1.165, 1.54) is 14.7 Å². The molecule has 5 aliphatic rings. The van der Waals surface area contributed by atoms with Crippen LogP contribution < -0.4 is 21.3 Å². The van der Waals surface area contributed by atoms with Crippen molar-refractivity contribution < 1.29 is 38.7 Å². The van der Waals surface area contributed by atoms with E-state index in [1.807, 2.05) is 31.2 Å². The summed E-state index contributed by atoms with van der Waals surface area (Å²) in [5.41, 5.74) is 0.854. The predicted molar refractivity (Wildman–Crippen MR) is 204 cm³/mol. The van der Waals surface area contributed by atoms with E-state index >= 15 is 0 Å². The molecule has 4 saturated heterocycles. The van der Waals surface area contributed by atoms with Crippen LogP contribution in [-0.4, -0.2) is 123 Å². The van der Waals surface area contributed by atoms with Gasteiger partial charge in [0.2, 0.25) is 29.5 Å². The first kappa shape index (κ1) is 39.2. The van der Waals surface area contributed by atoms with Crippen LogP contribution in [0.25, 0.3) is 0 Å².